The summed E-state index contributed by atoms with van der Waals surface area (Å²) < 4.78 is 10.4. The maximum absolute atomic E-state index is 5.24. The molecule has 0 aliphatic carbocycles. The van der Waals surface area contributed by atoms with Crippen molar-refractivity contribution in [2.75, 3.05) is 6.79 Å². The first-order chi connectivity index (χ1) is 7.49. The fourth-order valence-electron chi connectivity index (χ4n) is 1.13. The molecular formula is C13H19NO2W. The molecule has 0 fully saturated rings. The van der Waals surface area contributed by atoms with Crippen LogP contribution in [0, 0.1) is 12.6 Å². The molecule has 0 bridgehead atoms. The van der Waals surface area contributed by atoms with Gasteiger partial charge in [0.25, 0.3) is 0 Å². The molecule has 17 heavy (non-hydrogen) atoms. The molecule has 1 aromatic heterocycles. The minimum atomic E-state index is 0. The molecule has 4 heteroatoms. The second-order valence-corrected chi connectivity index (χ2v) is 4.68. The van der Waals surface area contributed by atoms with E-state index in [1.165, 1.54) is 0 Å². The first-order valence-electron chi connectivity index (χ1n) is 5.41. The topological polar surface area (TPSA) is 31.4 Å². The summed E-state index contributed by atoms with van der Waals surface area (Å²) in [7, 11) is 0. The van der Waals surface area contributed by atoms with Crippen molar-refractivity contribution >= 4 is 0 Å². The van der Waals surface area contributed by atoms with Gasteiger partial charge in [0.15, 0.2) is 0 Å². The fourth-order valence-corrected chi connectivity index (χ4v) is 1.13. The van der Waals surface area contributed by atoms with E-state index < -0.39 is 0 Å². The molecule has 0 atom stereocenters. The van der Waals surface area contributed by atoms with Gasteiger partial charge in [-0.05, 0) is 11.6 Å². The standard InChI is InChI=1S/C10H12NO2.C3H7.W/c1-10(2,3)9-4-7-8(5-11-9)13-6-12-7;1-3-2;/h4H,6H2,1-3H3;3H,1-2H3;/q2*-1;+2. The van der Waals surface area contributed by atoms with Crippen LogP contribution in [-0.2, 0) is 26.5 Å². The van der Waals surface area contributed by atoms with Gasteiger partial charge in [0.1, 0.15) is 0 Å². The molecule has 0 N–H and O–H groups in total. The molecule has 2 rings (SSSR count). The average Bonchev–Trinajstić information content (AvgIpc) is 2.63. The Balaban J connectivity index is 0.000000583. The summed E-state index contributed by atoms with van der Waals surface area (Å²) in [5.74, 6) is 1.37. The van der Waals surface area contributed by atoms with Gasteiger partial charge in [-0.1, -0.05) is 26.5 Å². The van der Waals surface area contributed by atoms with Gasteiger partial charge in [-0.2, -0.15) is 13.8 Å². The zero-order chi connectivity index (χ0) is 12.2. The Morgan fingerprint density at radius 1 is 1.29 bits per heavy atom. The summed E-state index contributed by atoms with van der Waals surface area (Å²) in [5.41, 5.74) is 0.994. The Hall–Kier alpha value is -0.562. The van der Waals surface area contributed by atoms with E-state index in [1.54, 1.807) is 0 Å². The summed E-state index contributed by atoms with van der Waals surface area (Å²) in [6, 6.07) is 1.92. The van der Waals surface area contributed by atoms with Crippen molar-refractivity contribution in [2.24, 2.45) is 0 Å². The van der Waals surface area contributed by atoms with Crippen molar-refractivity contribution in [3.05, 3.63) is 24.4 Å². The van der Waals surface area contributed by atoms with Crippen LogP contribution in [0.15, 0.2) is 6.07 Å². The van der Waals surface area contributed by atoms with E-state index in [4.69, 9.17) is 9.47 Å². The van der Waals surface area contributed by atoms with E-state index in [-0.39, 0.29) is 33.3 Å². The first-order valence-corrected chi connectivity index (χ1v) is 5.41. The molecule has 0 aromatic carbocycles. The molecule has 1 aliphatic rings. The van der Waals surface area contributed by atoms with Crippen LogP contribution in [0.2, 0.25) is 0 Å². The Bertz CT molecular complexity index is 348. The smallest absolute Gasteiger partial charge is 0.516 e. The van der Waals surface area contributed by atoms with Gasteiger partial charge in [0.05, 0.1) is 11.5 Å². The number of pyridine rings is 1. The van der Waals surface area contributed by atoms with Crippen LogP contribution in [-0.4, -0.2) is 11.8 Å². The third-order valence-corrected chi connectivity index (χ3v) is 1.96. The van der Waals surface area contributed by atoms with E-state index in [0.29, 0.717) is 5.75 Å². The van der Waals surface area contributed by atoms with Gasteiger partial charge >= 0.3 is 21.1 Å². The third-order valence-electron chi connectivity index (χ3n) is 1.96. The quantitative estimate of drug-likeness (QED) is 0.622. The van der Waals surface area contributed by atoms with E-state index >= 15 is 0 Å². The Kier molecular flexibility index (Phi) is 6.77. The summed E-state index contributed by atoms with van der Waals surface area (Å²) in [5, 5.41) is 0. The number of ether oxygens (including phenoxy) is 2. The largest absolute Gasteiger partial charge is 2.00 e. The Morgan fingerprint density at radius 3 is 2.41 bits per heavy atom. The van der Waals surface area contributed by atoms with Crippen LogP contribution in [0.3, 0.4) is 0 Å². The number of fused-ring (bicyclic) bond motifs is 1. The van der Waals surface area contributed by atoms with Crippen LogP contribution in [0.5, 0.6) is 11.5 Å². The molecule has 1 aliphatic heterocycles. The number of aromatic nitrogens is 1. The van der Waals surface area contributed by atoms with Gasteiger partial charge in [-0.25, -0.2) is 0 Å². The molecule has 0 radical (unpaired) electrons. The maximum Gasteiger partial charge on any atom is 2.00 e. The Morgan fingerprint density at radius 2 is 1.88 bits per heavy atom. The van der Waals surface area contributed by atoms with E-state index in [2.05, 4.69) is 32.0 Å². The zero-order valence-corrected chi connectivity index (χ0v) is 14.0. The molecular weight excluding hydrogens is 386 g/mol. The molecule has 0 unspecified atom stereocenters. The molecule has 0 amide bonds. The van der Waals surface area contributed by atoms with Gasteiger partial charge in [0, 0.05) is 0 Å². The minimum Gasteiger partial charge on any atom is -0.516 e. The molecule has 3 nitrogen and oxygen atoms in total. The summed E-state index contributed by atoms with van der Waals surface area (Å²) >= 11 is 0. The van der Waals surface area contributed by atoms with Crippen molar-refractivity contribution in [3.8, 4) is 11.5 Å². The van der Waals surface area contributed by atoms with E-state index in [1.807, 2.05) is 26.3 Å². The number of rotatable bonds is 0. The number of hydrogen-bond donors (Lipinski definition) is 0. The molecule has 0 saturated carbocycles. The molecule has 0 saturated heterocycles. The minimum absolute atomic E-state index is 0. The summed E-state index contributed by atoms with van der Waals surface area (Å²) in [6.45, 7) is 10.6. The van der Waals surface area contributed by atoms with Crippen molar-refractivity contribution < 1.29 is 30.5 Å². The van der Waals surface area contributed by atoms with E-state index in [0.717, 1.165) is 11.4 Å². The van der Waals surface area contributed by atoms with Crippen LogP contribution < -0.4 is 9.47 Å². The second-order valence-electron chi connectivity index (χ2n) is 4.68. The van der Waals surface area contributed by atoms with Crippen LogP contribution in [0.4, 0.5) is 0 Å². The van der Waals surface area contributed by atoms with Crippen molar-refractivity contribution in [3.63, 3.8) is 0 Å². The van der Waals surface area contributed by atoms with Crippen LogP contribution >= 0.6 is 0 Å². The molecule has 94 valence electrons. The molecule has 0 spiro atoms. The predicted molar refractivity (Wildman–Crippen MR) is 63.5 cm³/mol. The first kappa shape index (κ1) is 16.4. The van der Waals surface area contributed by atoms with Gasteiger partial charge < -0.3 is 20.9 Å². The fraction of sp³-hybridized carbons (Fsp3) is 0.538. The number of nitrogens with zero attached hydrogens (tertiary/aromatic N) is 1. The van der Waals surface area contributed by atoms with Crippen molar-refractivity contribution in [1.29, 1.82) is 0 Å². The summed E-state index contributed by atoms with van der Waals surface area (Å²) in [4.78, 5) is 4.19. The average molecular weight is 405 g/mol. The van der Waals surface area contributed by atoms with Crippen LogP contribution in [0.25, 0.3) is 0 Å². The zero-order valence-electron chi connectivity index (χ0n) is 11.0. The molecule has 1 aromatic rings. The van der Waals surface area contributed by atoms with Gasteiger partial charge in [-0.3, -0.25) is 0 Å². The second kappa shape index (κ2) is 7.00. The number of hydrogen-bond acceptors (Lipinski definition) is 3. The SMILES string of the molecule is CC(C)(C)c1cc2c([c-]n1)OCO2.C[CH-]C.[W+2]. The molecule has 2 heterocycles. The van der Waals surface area contributed by atoms with Crippen LogP contribution in [0.1, 0.15) is 40.3 Å². The maximum atomic E-state index is 5.24. The summed E-state index contributed by atoms with van der Waals surface area (Å²) in [6.07, 6.45) is 4.83. The Labute approximate surface area is 118 Å². The normalized spacial score (nSPS) is 12.3. The van der Waals surface area contributed by atoms with Crippen molar-refractivity contribution in [2.45, 2.75) is 40.0 Å². The monoisotopic (exact) mass is 405 g/mol. The van der Waals surface area contributed by atoms with Crippen molar-refractivity contribution in [1.82, 2.24) is 4.98 Å². The van der Waals surface area contributed by atoms with E-state index in [9.17, 15) is 0 Å². The van der Waals surface area contributed by atoms with Gasteiger partial charge in [0.2, 0.25) is 6.79 Å². The van der Waals surface area contributed by atoms with Gasteiger partial charge in [-0.15, -0.1) is 6.07 Å². The third kappa shape index (κ3) is 4.67. The predicted octanol–water partition coefficient (Wildman–Crippen LogP) is 3.14.